The second-order valence-electron chi connectivity index (χ2n) is 4.61. The summed E-state index contributed by atoms with van der Waals surface area (Å²) in [4.78, 5) is 0. The minimum Gasteiger partial charge on any atom is -0.309 e. The molecule has 0 amide bonds. The van der Waals surface area contributed by atoms with Crippen molar-refractivity contribution in [3.05, 3.63) is 53.3 Å². The van der Waals surface area contributed by atoms with Crippen LogP contribution >= 0.6 is 0 Å². The summed E-state index contributed by atoms with van der Waals surface area (Å²) in [5, 5.41) is 10.1. The maximum atomic E-state index is 3.91. The second kappa shape index (κ2) is 5.64. The van der Waals surface area contributed by atoms with E-state index in [1.165, 1.54) is 16.7 Å². The van der Waals surface area contributed by atoms with E-state index in [1.807, 2.05) is 12.4 Å². The highest BCUT2D eigenvalue weighted by molar-refractivity contribution is 5.24. The van der Waals surface area contributed by atoms with Crippen LogP contribution in [0.25, 0.3) is 0 Å². The van der Waals surface area contributed by atoms with E-state index >= 15 is 0 Å². The first kappa shape index (κ1) is 11.9. The van der Waals surface area contributed by atoms with Gasteiger partial charge in [0, 0.05) is 24.8 Å². The third-order valence-electron chi connectivity index (χ3n) is 2.86. The average Bonchev–Trinajstić information content (AvgIpc) is 2.83. The molecule has 0 spiro atoms. The van der Waals surface area contributed by atoms with Gasteiger partial charge in [0.15, 0.2) is 0 Å². The molecule has 90 valence electrons. The maximum absolute atomic E-state index is 3.91. The molecule has 0 saturated carbocycles. The molecule has 2 rings (SSSR count). The summed E-state index contributed by atoms with van der Waals surface area (Å²) < 4.78 is 0. The molecule has 0 atom stereocenters. The maximum Gasteiger partial charge on any atom is 0.0532 e. The van der Waals surface area contributed by atoms with Crippen LogP contribution in [0.3, 0.4) is 0 Å². The lowest BCUT2D eigenvalue weighted by Gasteiger charge is -2.07. The molecule has 3 heteroatoms. The molecule has 0 bridgehead atoms. The number of rotatable bonds is 5. The van der Waals surface area contributed by atoms with E-state index in [0.29, 0.717) is 5.92 Å². The van der Waals surface area contributed by atoms with Crippen LogP contribution in [0.5, 0.6) is 0 Å². The van der Waals surface area contributed by atoms with Gasteiger partial charge in [-0.05, 0) is 17.0 Å². The van der Waals surface area contributed by atoms with Gasteiger partial charge in [-0.15, -0.1) is 0 Å². The van der Waals surface area contributed by atoms with Crippen molar-refractivity contribution in [1.29, 1.82) is 0 Å². The molecular weight excluding hydrogens is 210 g/mol. The van der Waals surface area contributed by atoms with E-state index < -0.39 is 0 Å². The molecule has 3 nitrogen and oxygen atoms in total. The third kappa shape index (κ3) is 3.43. The first-order valence-corrected chi connectivity index (χ1v) is 6.03. The highest BCUT2D eigenvalue weighted by Crippen LogP contribution is 2.14. The molecule has 0 unspecified atom stereocenters. The Balaban J connectivity index is 1.83. The molecule has 2 aromatic rings. The van der Waals surface area contributed by atoms with Gasteiger partial charge in [-0.2, -0.15) is 5.10 Å². The van der Waals surface area contributed by atoms with Gasteiger partial charge in [0.2, 0.25) is 0 Å². The van der Waals surface area contributed by atoms with E-state index in [9.17, 15) is 0 Å². The topological polar surface area (TPSA) is 40.7 Å². The summed E-state index contributed by atoms with van der Waals surface area (Å²) >= 11 is 0. The van der Waals surface area contributed by atoms with Gasteiger partial charge < -0.3 is 5.32 Å². The fourth-order valence-corrected chi connectivity index (χ4v) is 1.75. The van der Waals surface area contributed by atoms with Gasteiger partial charge >= 0.3 is 0 Å². The van der Waals surface area contributed by atoms with Crippen molar-refractivity contribution >= 4 is 0 Å². The number of nitrogens with one attached hydrogen (secondary N) is 2. The van der Waals surface area contributed by atoms with E-state index in [1.54, 1.807) is 0 Å². The Labute approximate surface area is 102 Å². The molecule has 0 saturated heterocycles. The van der Waals surface area contributed by atoms with Crippen LogP contribution in [0.2, 0.25) is 0 Å². The van der Waals surface area contributed by atoms with Crippen LogP contribution in [-0.2, 0) is 13.1 Å². The Morgan fingerprint density at radius 3 is 2.41 bits per heavy atom. The van der Waals surface area contributed by atoms with Crippen molar-refractivity contribution < 1.29 is 0 Å². The summed E-state index contributed by atoms with van der Waals surface area (Å²) in [6.07, 6.45) is 3.75. The first-order valence-electron chi connectivity index (χ1n) is 6.03. The standard InChI is InChI=1S/C14H19N3/c1-11(2)14-5-3-12(4-6-14)7-15-8-13-9-16-17-10-13/h3-6,9-11,15H,7-8H2,1-2H3,(H,16,17). The van der Waals surface area contributed by atoms with E-state index in [4.69, 9.17) is 0 Å². The predicted molar refractivity (Wildman–Crippen MR) is 69.7 cm³/mol. The Bertz CT molecular complexity index is 429. The predicted octanol–water partition coefficient (Wildman–Crippen LogP) is 2.82. The molecule has 17 heavy (non-hydrogen) atoms. The molecule has 1 heterocycles. The van der Waals surface area contributed by atoms with Crippen LogP contribution in [0.1, 0.15) is 36.5 Å². The Hall–Kier alpha value is -1.61. The van der Waals surface area contributed by atoms with Crippen molar-refractivity contribution in [3.8, 4) is 0 Å². The highest BCUT2D eigenvalue weighted by atomic mass is 15.1. The van der Waals surface area contributed by atoms with Crippen molar-refractivity contribution in [3.63, 3.8) is 0 Å². The van der Waals surface area contributed by atoms with Gasteiger partial charge in [0.1, 0.15) is 0 Å². The lowest BCUT2D eigenvalue weighted by molar-refractivity contribution is 0.693. The summed E-state index contributed by atoms with van der Waals surface area (Å²) in [5.74, 6) is 0.600. The monoisotopic (exact) mass is 229 g/mol. The SMILES string of the molecule is CC(C)c1ccc(CNCc2cn[nH]c2)cc1. The normalized spacial score (nSPS) is 11.0. The third-order valence-corrected chi connectivity index (χ3v) is 2.86. The Morgan fingerprint density at radius 1 is 1.12 bits per heavy atom. The lowest BCUT2D eigenvalue weighted by atomic mass is 10.0. The fourth-order valence-electron chi connectivity index (χ4n) is 1.75. The smallest absolute Gasteiger partial charge is 0.0532 e. The van der Waals surface area contributed by atoms with Crippen LogP contribution in [0.15, 0.2) is 36.7 Å². The quantitative estimate of drug-likeness (QED) is 0.827. The van der Waals surface area contributed by atoms with Crippen LogP contribution in [0.4, 0.5) is 0 Å². The molecule has 0 aliphatic heterocycles. The molecule has 0 aliphatic carbocycles. The molecule has 0 fully saturated rings. The van der Waals surface area contributed by atoms with Crippen LogP contribution in [-0.4, -0.2) is 10.2 Å². The lowest BCUT2D eigenvalue weighted by Crippen LogP contribution is -2.12. The zero-order chi connectivity index (χ0) is 12.1. The zero-order valence-corrected chi connectivity index (χ0v) is 10.4. The number of aromatic amines is 1. The minimum atomic E-state index is 0.600. The van der Waals surface area contributed by atoms with Crippen molar-refractivity contribution in [2.24, 2.45) is 0 Å². The largest absolute Gasteiger partial charge is 0.309 e. The molecule has 0 aliphatic rings. The second-order valence-corrected chi connectivity index (χ2v) is 4.61. The van der Waals surface area contributed by atoms with Gasteiger partial charge in [-0.25, -0.2) is 0 Å². The molecular formula is C14H19N3. The number of nitrogens with zero attached hydrogens (tertiary/aromatic N) is 1. The van der Waals surface area contributed by atoms with E-state index in [2.05, 4.69) is 53.6 Å². The first-order chi connectivity index (χ1) is 8.25. The molecule has 1 aromatic carbocycles. The van der Waals surface area contributed by atoms with E-state index in [0.717, 1.165) is 13.1 Å². The molecule has 2 N–H and O–H groups in total. The van der Waals surface area contributed by atoms with Crippen molar-refractivity contribution in [2.75, 3.05) is 0 Å². The molecule has 1 aromatic heterocycles. The van der Waals surface area contributed by atoms with E-state index in [-0.39, 0.29) is 0 Å². The number of hydrogen-bond donors (Lipinski definition) is 2. The minimum absolute atomic E-state index is 0.600. The Kier molecular flexibility index (Phi) is 3.94. The van der Waals surface area contributed by atoms with Crippen LogP contribution in [0, 0.1) is 0 Å². The van der Waals surface area contributed by atoms with Crippen molar-refractivity contribution in [1.82, 2.24) is 15.5 Å². The van der Waals surface area contributed by atoms with Gasteiger partial charge in [-0.1, -0.05) is 38.1 Å². The summed E-state index contributed by atoms with van der Waals surface area (Å²) in [7, 11) is 0. The Morgan fingerprint density at radius 2 is 1.82 bits per heavy atom. The highest BCUT2D eigenvalue weighted by Gasteiger charge is 1.99. The van der Waals surface area contributed by atoms with Gasteiger partial charge in [-0.3, -0.25) is 5.10 Å². The number of aromatic nitrogens is 2. The van der Waals surface area contributed by atoms with Gasteiger partial charge in [0.05, 0.1) is 6.20 Å². The van der Waals surface area contributed by atoms with Gasteiger partial charge in [0.25, 0.3) is 0 Å². The summed E-state index contributed by atoms with van der Waals surface area (Å²) in [6.45, 7) is 6.17. The zero-order valence-electron chi connectivity index (χ0n) is 10.4. The van der Waals surface area contributed by atoms with Crippen molar-refractivity contribution in [2.45, 2.75) is 32.9 Å². The number of benzene rings is 1. The average molecular weight is 229 g/mol. The summed E-state index contributed by atoms with van der Waals surface area (Å²) in [5.41, 5.74) is 3.89. The fraction of sp³-hybridized carbons (Fsp3) is 0.357. The molecule has 0 radical (unpaired) electrons. The number of H-pyrrole nitrogens is 1. The summed E-state index contributed by atoms with van der Waals surface area (Å²) in [6, 6.07) is 8.80. The number of hydrogen-bond acceptors (Lipinski definition) is 2. The van der Waals surface area contributed by atoms with Crippen LogP contribution < -0.4 is 5.32 Å².